The number of benzene rings is 2. The van der Waals surface area contributed by atoms with Crippen molar-refractivity contribution in [3.05, 3.63) is 63.1 Å². The van der Waals surface area contributed by atoms with E-state index in [0.717, 1.165) is 41.2 Å². The molecule has 0 N–H and O–H groups in total. The van der Waals surface area contributed by atoms with Crippen LogP contribution < -0.4 is 4.90 Å². The van der Waals surface area contributed by atoms with E-state index >= 15 is 0 Å². The first kappa shape index (κ1) is 21.2. The molecule has 4 rings (SSSR count). The Balaban J connectivity index is 1.58. The van der Waals surface area contributed by atoms with Crippen LogP contribution in [0.2, 0.25) is 0 Å². The Morgan fingerprint density at radius 2 is 1.97 bits per heavy atom. The third-order valence-corrected chi connectivity index (χ3v) is 7.32. The lowest BCUT2D eigenvalue weighted by atomic mass is 9.98. The van der Waals surface area contributed by atoms with E-state index in [1.807, 2.05) is 31.2 Å². The van der Waals surface area contributed by atoms with Crippen LogP contribution in [0.4, 0.5) is 11.4 Å². The van der Waals surface area contributed by atoms with Crippen molar-refractivity contribution < 1.29 is 9.72 Å². The van der Waals surface area contributed by atoms with Gasteiger partial charge in [0.15, 0.2) is 0 Å². The zero-order chi connectivity index (χ0) is 22.1. The summed E-state index contributed by atoms with van der Waals surface area (Å²) in [6.45, 7) is 5.72. The van der Waals surface area contributed by atoms with Crippen molar-refractivity contribution in [3.8, 4) is 0 Å². The van der Waals surface area contributed by atoms with Crippen LogP contribution in [-0.4, -0.2) is 40.9 Å². The SMILES string of the molecule is CC1CCN(c2ccc(C(=O)N(C)[C@@H](C)c3nc4ccccc4s3)cc2[N+](=O)[O-])CC1. The number of nitrogens with zero attached hydrogens (tertiary/aromatic N) is 4. The molecule has 0 aliphatic carbocycles. The number of aromatic nitrogens is 1. The van der Waals surface area contributed by atoms with Gasteiger partial charge in [-0.25, -0.2) is 4.98 Å². The van der Waals surface area contributed by atoms with E-state index in [0.29, 0.717) is 17.2 Å². The summed E-state index contributed by atoms with van der Waals surface area (Å²) in [7, 11) is 1.71. The summed E-state index contributed by atoms with van der Waals surface area (Å²) in [5.74, 6) is 0.377. The van der Waals surface area contributed by atoms with Gasteiger partial charge < -0.3 is 9.80 Å². The Bertz CT molecular complexity index is 1090. The average molecular weight is 439 g/mol. The number of amides is 1. The Kier molecular flexibility index (Phi) is 5.91. The van der Waals surface area contributed by atoms with E-state index < -0.39 is 0 Å². The first-order valence-electron chi connectivity index (χ1n) is 10.5. The topological polar surface area (TPSA) is 79.6 Å². The summed E-state index contributed by atoms with van der Waals surface area (Å²) in [5.41, 5.74) is 1.80. The highest BCUT2D eigenvalue weighted by Gasteiger charge is 2.27. The zero-order valence-corrected chi connectivity index (χ0v) is 18.8. The highest BCUT2D eigenvalue weighted by molar-refractivity contribution is 7.18. The average Bonchev–Trinajstić information content (AvgIpc) is 3.22. The van der Waals surface area contributed by atoms with Crippen LogP contribution in [0.3, 0.4) is 0 Å². The van der Waals surface area contributed by atoms with E-state index in [2.05, 4.69) is 16.8 Å². The molecular weight excluding hydrogens is 412 g/mol. The molecule has 1 aliphatic rings. The summed E-state index contributed by atoms with van der Waals surface area (Å²) in [4.78, 5) is 32.8. The smallest absolute Gasteiger partial charge is 0.293 e. The van der Waals surface area contributed by atoms with Gasteiger partial charge in [0.25, 0.3) is 11.6 Å². The van der Waals surface area contributed by atoms with Crippen LogP contribution in [0.15, 0.2) is 42.5 Å². The summed E-state index contributed by atoms with van der Waals surface area (Å²) in [6, 6.07) is 12.5. The first-order chi connectivity index (χ1) is 14.8. The molecule has 1 saturated heterocycles. The number of para-hydroxylation sites is 1. The van der Waals surface area contributed by atoms with Crippen molar-refractivity contribution in [1.29, 1.82) is 0 Å². The monoisotopic (exact) mass is 438 g/mol. The lowest BCUT2D eigenvalue weighted by Gasteiger charge is -2.32. The van der Waals surface area contributed by atoms with E-state index in [4.69, 9.17) is 0 Å². The summed E-state index contributed by atoms with van der Waals surface area (Å²) in [6.07, 6.45) is 2.03. The van der Waals surface area contributed by atoms with Crippen LogP contribution in [-0.2, 0) is 0 Å². The minimum Gasteiger partial charge on any atom is -0.366 e. The number of piperidine rings is 1. The van der Waals surface area contributed by atoms with Crippen molar-refractivity contribution in [2.24, 2.45) is 5.92 Å². The maximum atomic E-state index is 13.1. The second-order valence-corrected chi connectivity index (χ2v) is 9.30. The number of thiazole rings is 1. The van der Waals surface area contributed by atoms with Crippen molar-refractivity contribution in [2.75, 3.05) is 25.0 Å². The minimum atomic E-state index is -0.388. The van der Waals surface area contributed by atoms with Crippen LogP contribution >= 0.6 is 11.3 Å². The molecule has 1 atom stereocenters. The second kappa shape index (κ2) is 8.63. The molecule has 8 heteroatoms. The second-order valence-electron chi connectivity index (χ2n) is 8.24. The number of nitro benzene ring substituents is 1. The molecule has 0 saturated carbocycles. The van der Waals surface area contributed by atoms with Gasteiger partial charge in [-0.3, -0.25) is 14.9 Å². The predicted molar refractivity (Wildman–Crippen MR) is 124 cm³/mol. The molecule has 1 amide bonds. The molecule has 1 fully saturated rings. The Hall–Kier alpha value is -3.00. The fourth-order valence-electron chi connectivity index (χ4n) is 3.93. The third kappa shape index (κ3) is 4.25. The number of anilines is 1. The third-order valence-electron chi connectivity index (χ3n) is 6.11. The number of carbonyl (C=O) groups is 1. The number of rotatable bonds is 5. The van der Waals surface area contributed by atoms with Crippen LogP contribution in [0, 0.1) is 16.0 Å². The Morgan fingerprint density at radius 3 is 2.65 bits per heavy atom. The number of hydrogen-bond donors (Lipinski definition) is 0. The molecule has 0 bridgehead atoms. The van der Waals surface area contributed by atoms with Gasteiger partial charge in [-0.2, -0.15) is 0 Å². The number of fused-ring (bicyclic) bond motifs is 1. The highest BCUT2D eigenvalue weighted by atomic mass is 32.1. The molecular formula is C23H26N4O3S. The van der Waals surface area contributed by atoms with Gasteiger partial charge in [-0.15, -0.1) is 11.3 Å². The largest absolute Gasteiger partial charge is 0.366 e. The molecule has 2 aromatic carbocycles. The van der Waals surface area contributed by atoms with Crippen LogP contribution in [0.5, 0.6) is 0 Å². The van der Waals surface area contributed by atoms with Crippen molar-refractivity contribution >= 4 is 38.8 Å². The Morgan fingerprint density at radius 1 is 1.26 bits per heavy atom. The van der Waals surface area contributed by atoms with E-state index in [1.54, 1.807) is 35.4 Å². The van der Waals surface area contributed by atoms with Gasteiger partial charge in [0.1, 0.15) is 10.7 Å². The summed E-state index contributed by atoms with van der Waals surface area (Å²) < 4.78 is 1.07. The highest BCUT2D eigenvalue weighted by Crippen LogP contribution is 2.34. The molecule has 2 heterocycles. The maximum Gasteiger partial charge on any atom is 0.293 e. The van der Waals surface area contributed by atoms with Gasteiger partial charge in [-0.1, -0.05) is 19.1 Å². The zero-order valence-electron chi connectivity index (χ0n) is 17.9. The fraction of sp³-hybridized carbons (Fsp3) is 0.391. The van der Waals surface area contributed by atoms with Gasteiger partial charge >= 0.3 is 0 Å². The summed E-state index contributed by atoms with van der Waals surface area (Å²) in [5, 5.41) is 12.6. The quantitative estimate of drug-likeness (QED) is 0.400. The number of nitro groups is 1. The van der Waals surface area contributed by atoms with Crippen molar-refractivity contribution in [3.63, 3.8) is 0 Å². The standard InChI is InChI=1S/C23H26N4O3S/c1-15-10-12-26(13-11-15)19-9-8-17(14-20(19)27(29)30)23(28)25(3)16(2)22-24-18-6-4-5-7-21(18)31-22/h4-9,14-16H,10-13H2,1-3H3/t16-/m0/s1. The lowest BCUT2D eigenvalue weighted by Crippen LogP contribution is -2.33. The fourth-order valence-corrected chi connectivity index (χ4v) is 5.00. The number of hydrogen-bond acceptors (Lipinski definition) is 6. The normalized spacial score (nSPS) is 15.8. The lowest BCUT2D eigenvalue weighted by molar-refractivity contribution is -0.384. The maximum absolute atomic E-state index is 13.1. The van der Waals surface area contributed by atoms with Crippen LogP contribution in [0.25, 0.3) is 10.2 Å². The molecule has 3 aromatic rings. The molecule has 0 radical (unpaired) electrons. The molecule has 162 valence electrons. The van der Waals surface area contributed by atoms with Crippen molar-refractivity contribution in [1.82, 2.24) is 9.88 Å². The van der Waals surface area contributed by atoms with Gasteiger partial charge in [0.2, 0.25) is 0 Å². The van der Waals surface area contributed by atoms with Gasteiger partial charge in [0.05, 0.1) is 21.2 Å². The van der Waals surface area contributed by atoms with E-state index in [-0.39, 0.29) is 22.6 Å². The Labute approximate surface area is 185 Å². The molecule has 31 heavy (non-hydrogen) atoms. The van der Waals surface area contributed by atoms with Crippen molar-refractivity contribution in [2.45, 2.75) is 32.7 Å². The predicted octanol–water partition coefficient (Wildman–Crippen LogP) is 5.27. The first-order valence-corrected chi connectivity index (χ1v) is 11.3. The minimum absolute atomic E-state index is 0.0126. The molecule has 1 aliphatic heterocycles. The molecule has 0 unspecified atom stereocenters. The van der Waals surface area contributed by atoms with Crippen LogP contribution in [0.1, 0.15) is 48.1 Å². The molecule has 0 spiro atoms. The van der Waals surface area contributed by atoms with Gasteiger partial charge in [0, 0.05) is 31.8 Å². The summed E-state index contributed by atoms with van der Waals surface area (Å²) >= 11 is 1.56. The van der Waals surface area contributed by atoms with Gasteiger partial charge in [-0.05, 0) is 49.9 Å². The van der Waals surface area contributed by atoms with E-state index in [1.165, 1.54) is 6.07 Å². The van der Waals surface area contributed by atoms with E-state index in [9.17, 15) is 14.9 Å². The molecule has 7 nitrogen and oxygen atoms in total. The molecule has 1 aromatic heterocycles. The number of carbonyl (C=O) groups excluding carboxylic acids is 1.